The Balaban J connectivity index is 1.90. The summed E-state index contributed by atoms with van der Waals surface area (Å²) in [6, 6.07) is 1.13. The zero-order valence-corrected chi connectivity index (χ0v) is 12.0. The van der Waals surface area contributed by atoms with Gasteiger partial charge in [0.15, 0.2) is 0 Å². The molecule has 1 atom stereocenters. The fourth-order valence-corrected chi connectivity index (χ4v) is 2.69. The maximum absolute atomic E-state index is 4.23. The van der Waals surface area contributed by atoms with Crippen LogP contribution in [0.2, 0.25) is 0 Å². The fraction of sp³-hybridized carbons (Fsp3) is 0.846. The van der Waals surface area contributed by atoms with Crippen LogP contribution in [0.3, 0.4) is 0 Å². The third-order valence-electron chi connectivity index (χ3n) is 3.81. The van der Waals surface area contributed by atoms with Gasteiger partial charge in [-0.2, -0.15) is 0 Å². The first-order valence-corrected chi connectivity index (χ1v) is 6.85. The molecule has 1 fully saturated rings. The molecule has 0 spiro atoms. The lowest BCUT2D eigenvalue weighted by molar-refractivity contribution is 0.210. The van der Waals surface area contributed by atoms with E-state index in [0.717, 1.165) is 18.9 Å². The quantitative estimate of drug-likeness (QED) is 0.792. The van der Waals surface area contributed by atoms with Crippen LogP contribution in [0, 0.1) is 0 Å². The minimum absolute atomic E-state index is 0.428. The standard InChI is InChI=1S/C13H25N5/c1-11(2)18-10-14-15-13(18)9-16(3)8-12-6-5-7-17(12)4/h10-12H,5-9H2,1-4H3/t12-/m0/s1. The van der Waals surface area contributed by atoms with E-state index in [1.54, 1.807) is 0 Å². The second-order valence-electron chi connectivity index (χ2n) is 5.72. The van der Waals surface area contributed by atoms with E-state index in [2.05, 4.69) is 52.5 Å². The second kappa shape index (κ2) is 5.80. The van der Waals surface area contributed by atoms with E-state index < -0.39 is 0 Å². The van der Waals surface area contributed by atoms with Crippen LogP contribution in [0.25, 0.3) is 0 Å². The lowest BCUT2D eigenvalue weighted by Gasteiger charge is -2.25. The number of rotatable bonds is 5. The van der Waals surface area contributed by atoms with Crippen LogP contribution in [0.4, 0.5) is 0 Å². The van der Waals surface area contributed by atoms with Crippen molar-refractivity contribution >= 4 is 0 Å². The summed E-state index contributed by atoms with van der Waals surface area (Å²) in [5.74, 6) is 1.06. The van der Waals surface area contributed by atoms with Crippen molar-refractivity contribution in [3.8, 4) is 0 Å². The SMILES string of the molecule is CC(C)n1cnnc1CN(C)C[C@@H]1CCCN1C. The van der Waals surface area contributed by atoms with Crippen molar-refractivity contribution in [3.63, 3.8) is 0 Å². The normalized spacial score (nSPS) is 21.3. The number of likely N-dealkylation sites (tertiary alicyclic amines) is 1. The third-order valence-corrected chi connectivity index (χ3v) is 3.81. The molecule has 0 aliphatic carbocycles. The number of likely N-dealkylation sites (N-methyl/N-ethyl adjacent to an activating group) is 2. The summed E-state index contributed by atoms with van der Waals surface area (Å²) < 4.78 is 2.15. The molecular weight excluding hydrogens is 226 g/mol. The average Bonchev–Trinajstić information content (AvgIpc) is 2.89. The Morgan fingerprint density at radius 3 is 2.89 bits per heavy atom. The molecule has 2 rings (SSSR count). The maximum Gasteiger partial charge on any atom is 0.147 e. The van der Waals surface area contributed by atoms with Crippen molar-refractivity contribution < 1.29 is 0 Å². The van der Waals surface area contributed by atoms with Crippen molar-refractivity contribution in [1.82, 2.24) is 24.6 Å². The van der Waals surface area contributed by atoms with Gasteiger partial charge in [-0.05, 0) is 47.3 Å². The molecule has 1 aromatic rings. The van der Waals surface area contributed by atoms with Crippen molar-refractivity contribution in [2.75, 3.05) is 27.2 Å². The van der Waals surface area contributed by atoms with E-state index >= 15 is 0 Å². The molecule has 0 N–H and O–H groups in total. The molecule has 0 bridgehead atoms. The molecule has 0 saturated carbocycles. The summed E-state index contributed by atoms with van der Waals surface area (Å²) in [5, 5.41) is 8.25. The Bertz CT molecular complexity index is 373. The zero-order chi connectivity index (χ0) is 13.1. The first-order valence-electron chi connectivity index (χ1n) is 6.85. The molecule has 102 valence electrons. The van der Waals surface area contributed by atoms with Crippen molar-refractivity contribution in [3.05, 3.63) is 12.2 Å². The summed E-state index contributed by atoms with van der Waals surface area (Å²) in [5.41, 5.74) is 0. The average molecular weight is 251 g/mol. The molecule has 0 amide bonds. The maximum atomic E-state index is 4.23. The van der Waals surface area contributed by atoms with Crippen molar-refractivity contribution in [2.45, 2.75) is 45.3 Å². The predicted octanol–water partition coefficient (Wildman–Crippen LogP) is 1.39. The minimum Gasteiger partial charge on any atom is -0.314 e. The summed E-state index contributed by atoms with van der Waals surface area (Å²) in [6.07, 6.45) is 4.48. The summed E-state index contributed by atoms with van der Waals surface area (Å²) in [6.45, 7) is 7.56. The molecule has 0 unspecified atom stereocenters. The minimum atomic E-state index is 0.428. The summed E-state index contributed by atoms with van der Waals surface area (Å²) >= 11 is 0. The number of hydrogen-bond donors (Lipinski definition) is 0. The molecule has 1 aliphatic rings. The van der Waals surface area contributed by atoms with Crippen LogP contribution in [0.5, 0.6) is 0 Å². The van der Waals surface area contributed by atoms with Gasteiger partial charge in [0.2, 0.25) is 0 Å². The van der Waals surface area contributed by atoms with E-state index in [4.69, 9.17) is 0 Å². The lowest BCUT2D eigenvalue weighted by atomic mass is 10.2. The Morgan fingerprint density at radius 2 is 2.28 bits per heavy atom. The topological polar surface area (TPSA) is 37.2 Å². The molecule has 5 heteroatoms. The highest BCUT2D eigenvalue weighted by Crippen LogP contribution is 2.16. The van der Waals surface area contributed by atoms with Crippen LogP contribution in [0.15, 0.2) is 6.33 Å². The first kappa shape index (κ1) is 13.5. The van der Waals surface area contributed by atoms with Gasteiger partial charge < -0.3 is 9.47 Å². The monoisotopic (exact) mass is 251 g/mol. The van der Waals surface area contributed by atoms with Gasteiger partial charge in [0.1, 0.15) is 12.2 Å². The van der Waals surface area contributed by atoms with E-state index in [-0.39, 0.29) is 0 Å². The number of nitrogens with zero attached hydrogens (tertiary/aromatic N) is 5. The van der Waals surface area contributed by atoms with Crippen molar-refractivity contribution in [2.24, 2.45) is 0 Å². The highest BCUT2D eigenvalue weighted by atomic mass is 15.3. The Hall–Kier alpha value is -0.940. The largest absolute Gasteiger partial charge is 0.314 e. The van der Waals surface area contributed by atoms with Crippen LogP contribution < -0.4 is 0 Å². The van der Waals surface area contributed by atoms with E-state index in [1.807, 2.05) is 6.33 Å². The van der Waals surface area contributed by atoms with E-state index in [1.165, 1.54) is 19.4 Å². The summed E-state index contributed by atoms with van der Waals surface area (Å²) in [7, 11) is 4.40. The van der Waals surface area contributed by atoms with Gasteiger partial charge in [0.25, 0.3) is 0 Å². The molecule has 1 aromatic heterocycles. The third kappa shape index (κ3) is 3.09. The Morgan fingerprint density at radius 1 is 1.50 bits per heavy atom. The van der Waals surface area contributed by atoms with E-state index in [0.29, 0.717) is 12.1 Å². The molecule has 0 radical (unpaired) electrons. The predicted molar refractivity (Wildman–Crippen MR) is 72.4 cm³/mol. The lowest BCUT2D eigenvalue weighted by Crippen LogP contribution is -2.36. The van der Waals surface area contributed by atoms with Crippen LogP contribution >= 0.6 is 0 Å². The van der Waals surface area contributed by atoms with Crippen LogP contribution in [-0.2, 0) is 6.54 Å². The molecule has 2 heterocycles. The number of aromatic nitrogens is 3. The molecule has 5 nitrogen and oxygen atoms in total. The van der Waals surface area contributed by atoms with E-state index in [9.17, 15) is 0 Å². The van der Waals surface area contributed by atoms with Crippen molar-refractivity contribution in [1.29, 1.82) is 0 Å². The Kier molecular flexibility index (Phi) is 4.35. The highest BCUT2D eigenvalue weighted by molar-refractivity contribution is 4.89. The molecule has 1 saturated heterocycles. The molecule has 0 aromatic carbocycles. The second-order valence-corrected chi connectivity index (χ2v) is 5.72. The number of hydrogen-bond acceptors (Lipinski definition) is 4. The van der Waals surface area contributed by atoms with Gasteiger partial charge in [-0.25, -0.2) is 0 Å². The fourth-order valence-electron chi connectivity index (χ4n) is 2.69. The van der Waals surface area contributed by atoms with Crippen LogP contribution in [-0.4, -0.2) is 57.8 Å². The molecule has 1 aliphatic heterocycles. The zero-order valence-electron chi connectivity index (χ0n) is 12.0. The molecule has 18 heavy (non-hydrogen) atoms. The highest BCUT2D eigenvalue weighted by Gasteiger charge is 2.22. The van der Waals surface area contributed by atoms with Crippen LogP contribution in [0.1, 0.15) is 38.6 Å². The first-order chi connectivity index (χ1) is 8.58. The Labute approximate surface area is 110 Å². The van der Waals surface area contributed by atoms with Gasteiger partial charge in [0.05, 0.1) is 6.54 Å². The van der Waals surface area contributed by atoms with Gasteiger partial charge in [-0.1, -0.05) is 0 Å². The smallest absolute Gasteiger partial charge is 0.147 e. The molecular formula is C13H25N5. The van der Waals surface area contributed by atoms with Gasteiger partial charge >= 0.3 is 0 Å². The van der Waals surface area contributed by atoms with Gasteiger partial charge in [-0.3, -0.25) is 4.90 Å². The van der Waals surface area contributed by atoms with Gasteiger partial charge in [-0.15, -0.1) is 10.2 Å². The summed E-state index contributed by atoms with van der Waals surface area (Å²) in [4.78, 5) is 4.82. The van der Waals surface area contributed by atoms with Gasteiger partial charge in [0, 0.05) is 18.6 Å².